The van der Waals surface area contributed by atoms with Gasteiger partial charge in [0, 0.05) is 5.57 Å². The molecule has 0 saturated heterocycles. The third-order valence-electron chi connectivity index (χ3n) is 0.983. The molecule has 4 nitrogen and oxygen atoms in total. The zero-order chi connectivity index (χ0) is 9.56. The van der Waals surface area contributed by atoms with Crippen LogP contribution in [0.3, 0.4) is 0 Å². The Hall–Kier alpha value is -1.10. The molecule has 0 fully saturated rings. The molecule has 0 heterocycles. The van der Waals surface area contributed by atoms with Crippen molar-refractivity contribution < 1.29 is 9.53 Å². The predicted molar refractivity (Wildman–Crippen MR) is 50.6 cm³/mol. The topological polar surface area (TPSA) is 64.3 Å². The van der Waals surface area contributed by atoms with Crippen molar-refractivity contribution in [2.24, 2.45) is 5.73 Å². The summed E-state index contributed by atoms with van der Waals surface area (Å²) in [4.78, 5) is 10.8. The molecule has 0 aromatic heterocycles. The molecule has 12 heavy (non-hydrogen) atoms. The van der Waals surface area contributed by atoms with Crippen LogP contribution in [-0.4, -0.2) is 24.2 Å². The Bertz CT molecular complexity index is 204. The molecule has 5 heteroatoms. The van der Waals surface area contributed by atoms with Gasteiger partial charge in [-0.15, -0.1) is 0 Å². The molecule has 0 aliphatic rings. The van der Waals surface area contributed by atoms with Crippen LogP contribution in [-0.2, 0) is 9.53 Å². The number of hydrogen-bond donors (Lipinski definition) is 2. The molecule has 3 N–H and O–H groups in total. The van der Waals surface area contributed by atoms with Crippen molar-refractivity contribution in [2.75, 3.05) is 13.2 Å². The van der Waals surface area contributed by atoms with Crippen LogP contribution in [0.25, 0.3) is 0 Å². The van der Waals surface area contributed by atoms with Gasteiger partial charge in [0.15, 0.2) is 5.11 Å². The number of carbonyl (C=O) groups excluding carboxylic acids is 1. The summed E-state index contributed by atoms with van der Waals surface area (Å²) in [6, 6.07) is 0. The predicted octanol–water partition coefficient (Wildman–Crippen LogP) is -0.0611. The first kappa shape index (κ1) is 10.9. The first-order valence-corrected chi connectivity index (χ1v) is 3.81. The summed E-state index contributed by atoms with van der Waals surface area (Å²) < 4.78 is 4.74. The minimum Gasteiger partial charge on any atom is -0.460 e. The molecule has 0 aromatic carbocycles. The van der Waals surface area contributed by atoms with Gasteiger partial charge in [0.25, 0.3) is 0 Å². The van der Waals surface area contributed by atoms with Crippen molar-refractivity contribution in [2.45, 2.75) is 6.92 Å². The Morgan fingerprint density at radius 3 is 2.75 bits per heavy atom. The van der Waals surface area contributed by atoms with E-state index in [-0.39, 0.29) is 11.7 Å². The molecule has 0 unspecified atom stereocenters. The molecule has 0 bridgehead atoms. The number of thiocarbonyl (C=S) groups is 1. The lowest BCUT2D eigenvalue weighted by Gasteiger charge is -2.04. The van der Waals surface area contributed by atoms with E-state index in [1.165, 1.54) is 0 Å². The second-order valence-corrected chi connectivity index (χ2v) is 2.65. The fourth-order valence-corrected chi connectivity index (χ4v) is 0.543. The van der Waals surface area contributed by atoms with E-state index in [2.05, 4.69) is 24.1 Å². The molecular weight excluding hydrogens is 176 g/mol. The van der Waals surface area contributed by atoms with Gasteiger partial charge >= 0.3 is 5.97 Å². The zero-order valence-corrected chi connectivity index (χ0v) is 7.74. The summed E-state index contributed by atoms with van der Waals surface area (Å²) >= 11 is 4.53. The quantitative estimate of drug-likeness (QED) is 0.280. The van der Waals surface area contributed by atoms with E-state index < -0.39 is 5.97 Å². The number of rotatable bonds is 4. The van der Waals surface area contributed by atoms with Crippen LogP contribution in [0.15, 0.2) is 12.2 Å². The van der Waals surface area contributed by atoms with Crippen LogP contribution in [0.1, 0.15) is 6.92 Å². The molecular formula is C7H12N2O2S. The van der Waals surface area contributed by atoms with Crippen LogP contribution in [0.5, 0.6) is 0 Å². The highest BCUT2D eigenvalue weighted by molar-refractivity contribution is 7.80. The van der Waals surface area contributed by atoms with Gasteiger partial charge in [0.2, 0.25) is 0 Å². The standard InChI is InChI=1S/C7H12N2O2S/c1-5(2)6(10)11-4-3-9-7(8)12/h1,3-4H2,2H3,(H3,8,9,12). The fourth-order valence-electron chi connectivity index (χ4n) is 0.441. The fraction of sp³-hybridized carbons (Fsp3) is 0.429. The monoisotopic (exact) mass is 188 g/mol. The van der Waals surface area contributed by atoms with Gasteiger partial charge in [-0.05, 0) is 19.1 Å². The Morgan fingerprint density at radius 2 is 2.33 bits per heavy atom. The van der Waals surface area contributed by atoms with E-state index in [4.69, 9.17) is 10.5 Å². The SMILES string of the molecule is C=C(C)C(=O)OCCNC(N)=S. The van der Waals surface area contributed by atoms with Crippen LogP contribution >= 0.6 is 12.2 Å². The van der Waals surface area contributed by atoms with E-state index in [0.717, 1.165) is 0 Å². The highest BCUT2D eigenvalue weighted by Gasteiger charge is 2.01. The molecule has 68 valence electrons. The molecule has 0 radical (unpaired) electrons. The lowest BCUT2D eigenvalue weighted by atomic mass is 10.4. The lowest BCUT2D eigenvalue weighted by Crippen LogP contribution is -2.32. The van der Waals surface area contributed by atoms with E-state index in [1.54, 1.807) is 6.92 Å². The second-order valence-electron chi connectivity index (χ2n) is 2.21. The summed E-state index contributed by atoms with van der Waals surface area (Å²) in [5.74, 6) is -0.403. The number of ether oxygens (including phenoxy) is 1. The van der Waals surface area contributed by atoms with E-state index in [9.17, 15) is 4.79 Å². The average molecular weight is 188 g/mol. The summed E-state index contributed by atoms with van der Waals surface area (Å²) in [5.41, 5.74) is 5.51. The van der Waals surface area contributed by atoms with Gasteiger partial charge in [-0.2, -0.15) is 0 Å². The minimum atomic E-state index is -0.403. The van der Waals surface area contributed by atoms with E-state index in [0.29, 0.717) is 12.1 Å². The van der Waals surface area contributed by atoms with Gasteiger partial charge in [0.1, 0.15) is 6.61 Å². The van der Waals surface area contributed by atoms with Crippen molar-refractivity contribution in [3.63, 3.8) is 0 Å². The molecule has 0 aromatic rings. The number of nitrogens with one attached hydrogen (secondary N) is 1. The molecule has 0 amide bonds. The highest BCUT2D eigenvalue weighted by atomic mass is 32.1. The smallest absolute Gasteiger partial charge is 0.333 e. The molecule has 0 aliphatic carbocycles. The first-order chi connectivity index (χ1) is 5.54. The largest absolute Gasteiger partial charge is 0.460 e. The second kappa shape index (κ2) is 5.54. The van der Waals surface area contributed by atoms with Crippen molar-refractivity contribution in [3.05, 3.63) is 12.2 Å². The molecule has 0 saturated carbocycles. The van der Waals surface area contributed by atoms with E-state index in [1.807, 2.05) is 0 Å². The molecule has 0 atom stereocenters. The third-order valence-corrected chi connectivity index (χ3v) is 1.13. The van der Waals surface area contributed by atoms with Crippen molar-refractivity contribution >= 4 is 23.3 Å². The summed E-state index contributed by atoms with van der Waals surface area (Å²) in [6.45, 7) is 5.67. The molecule has 0 aliphatic heterocycles. The summed E-state index contributed by atoms with van der Waals surface area (Å²) in [6.07, 6.45) is 0. The maximum atomic E-state index is 10.8. The molecule has 0 spiro atoms. The Morgan fingerprint density at radius 1 is 1.75 bits per heavy atom. The van der Waals surface area contributed by atoms with Crippen LogP contribution in [0, 0.1) is 0 Å². The number of esters is 1. The maximum Gasteiger partial charge on any atom is 0.333 e. The van der Waals surface area contributed by atoms with Gasteiger partial charge in [-0.1, -0.05) is 6.58 Å². The van der Waals surface area contributed by atoms with Gasteiger partial charge in [0.05, 0.1) is 6.54 Å². The van der Waals surface area contributed by atoms with Crippen molar-refractivity contribution in [1.29, 1.82) is 0 Å². The Kier molecular flexibility index (Phi) is 5.03. The Labute approximate surface area is 76.8 Å². The van der Waals surface area contributed by atoms with Crippen LogP contribution in [0.2, 0.25) is 0 Å². The first-order valence-electron chi connectivity index (χ1n) is 3.40. The van der Waals surface area contributed by atoms with Crippen molar-refractivity contribution in [1.82, 2.24) is 5.32 Å². The number of carbonyl (C=O) groups is 1. The van der Waals surface area contributed by atoms with Crippen LogP contribution in [0.4, 0.5) is 0 Å². The van der Waals surface area contributed by atoms with Gasteiger partial charge in [-0.25, -0.2) is 4.79 Å². The Balaban J connectivity index is 3.38. The summed E-state index contributed by atoms with van der Waals surface area (Å²) in [5, 5.41) is 2.84. The highest BCUT2D eigenvalue weighted by Crippen LogP contribution is 1.90. The van der Waals surface area contributed by atoms with Crippen LogP contribution < -0.4 is 11.1 Å². The summed E-state index contributed by atoms with van der Waals surface area (Å²) in [7, 11) is 0. The third kappa shape index (κ3) is 5.67. The van der Waals surface area contributed by atoms with E-state index >= 15 is 0 Å². The normalized spacial score (nSPS) is 8.75. The average Bonchev–Trinajstić information content (AvgIpc) is 1.97. The molecule has 0 rings (SSSR count). The number of nitrogens with two attached hydrogens (primary N) is 1. The zero-order valence-electron chi connectivity index (χ0n) is 6.92. The van der Waals surface area contributed by atoms with Gasteiger partial charge < -0.3 is 15.8 Å². The number of hydrogen-bond acceptors (Lipinski definition) is 3. The minimum absolute atomic E-state index is 0.196. The maximum absolute atomic E-state index is 10.8. The van der Waals surface area contributed by atoms with Gasteiger partial charge in [-0.3, -0.25) is 0 Å². The lowest BCUT2D eigenvalue weighted by molar-refractivity contribution is -0.138. The van der Waals surface area contributed by atoms with Crippen molar-refractivity contribution in [3.8, 4) is 0 Å².